The normalized spacial score (nSPS) is 14.7. The Morgan fingerprint density at radius 3 is 1.64 bits per heavy atom. The highest BCUT2D eigenvalue weighted by Crippen LogP contribution is 2.46. The summed E-state index contributed by atoms with van der Waals surface area (Å²) < 4.78 is 24.3. The van der Waals surface area contributed by atoms with Gasteiger partial charge in [-0.3, -0.25) is 9.13 Å². The average molecular weight is 590 g/mol. The third-order valence-corrected chi connectivity index (χ3v) is 8.97. The SMILES string of the molecule is NCCCCC(CC(Cc1cccc(CO)c1O)CP(=O)(O)O)C(Cc1cccc(CO)c1O)CP(=O)(O)O. The van der Waals surface area contributed by atoms with Crippen molar-refractivity contribution in [2.24, 2.45) is 23.5 Å². The largest absolute Gasteiger partial charge is 0.507 e. The molecule has 2 aromatic rings. The highest BCUT2D eigenvalue weighted by atomic mass is 31.2. The number of aromatic hydroxyl groups is 2. The second kappa shape index (κ2) is 15.3. The molecule has 0 amide bonds. The Labute approximate surface area is 228 Å². The highest BCUT2D eigenvalue weighted by molar-refractivity contribution is 7.52. The van der Waals surface area contributed by atoms with E-state index in [1.54, 1.807) is 30.3 Å². The number of para-hydroxylation sites is 2. The van der Waals surface area contributed by atoms with E-state index < -0.39 is 58.5 Å². The maximum atomic E-state index is 12.2. The van der Waals surface area contributed by atoms with Crippen molar-refractivity contribution >= 4 is 15.2 Å². The van der Waals surface area contributed by atoms with Crippen molar-refractivity contribution in [2.45, 2.75) is 51.7 Å². The fourth-order valence-corrected chi connectivity index (χ4v) is 7.23. The molecule has 0 aliphatic carbocycles. The lowest BCUT2D eigenvalue weighted by molar-refractivity contribution is 0.246. The zero-order valence-corrected chi connectivity index (χ0v) is 23.6. The fourth-order valence-electron chi connectivity index (χ4n) is 5.24. The molecule has 220 valence electrons. The van der Waals surface area contributed by atoms with E-state index >= 15 is 0 Å². The van der Waals surface area contributed by atoms with Gasteiger partial charge in [-0.2, -0.15) is 0 Å². The van der Waals surface area contributed by atoms with E-state index in [4.69, 9.17) is 5.73 Å². The standard InChI is InChI=1S/C26H41NO10P2/c27-10-2-1-5-19(24(17-39(35,36)37)13-21-7-4-9-23(15-29)26(21)31)11-18(16-38(32,33)34)12-20-6-3-8-22(14-28)25(20)30/h3-4,6-9,18-19,24,28-31H,1-2,5,10-17,27H2,(H2,32,33,34)(H2,35,36,37). The van der Waals surface area contributed by atoms with Crippen molar-refractivity contribution in [3.63, 3.8) is 0 Å². The van der Waals surface area contributed by atoms with Crippen LogP contribution < -0.4 is 5.73 Å². The van der Waals surface area contributed by atoms with Gasteiger partial charge in [-0.1, -0.05) is 49.2 Å². The van der Waals surface area contributed by atoms with E-state index in [1.807, 2.05) is 0 Å². The van der Waals surface area contributed by atoms with E-state index in [0.717, 1.165) is 0 Å². The van der Waals surface area contributed by atoms with Gasteiger partial charge < -0.3 is 45.7 Å². The second-order valence-corrected chi connectivity index (χ2v) is 13.6. The fraction of sp³-hybridized carbons (Fsp3) is 0.538. The summed E-state index contributed by atoms with van der Waals surface area (Å²) in [6, 6.07) is 9.56. The summed E-state index contributed by atoms with van der Waals surface area (Å²) >= 11 is 0. The van der Waals surface area contributed by atoms with E-state index in [1.165, 1.54) is 6.07 Å². The summed E-state index contributed by atoms with van der Waals surface area (Å²) in [6.07, 6.45) is 1.07. The molecule has 2 rings (SSSR count). The van der Waals surface area contributed by atoms with Crippen LogP contribution in [0, 0.1) is 17.8 Å². The van der Waals surface area contributed by atoms with Crippen LogP contribution in [0.5, 0.6) is 11.5 Å². The minimum Gasteiger partial charge on any atom is -0.507 e. The Kier molecular flexibility index (Phi) is 13.1. The molecule has 3 atom stereocenters. The molecule has 13 heteroatoms. The van der Waals surface area contributed by atoms with Crippen molar-refractivity contribution in [1.29, 1.82) is 0 Å². The van der Waals surface area contributed by atoms with Gasteiger partial charge in [-0.05, 0) is 61.1 Å². The van der Waals surface area contributed by atoms with E-state index in [0.29, 0.717) is 36.9 Å². The number of aliphatic hydroxyl groups excluding tert-OH is 2. The molecule has 0 saturated heterocycles. The van der Waals surface area contributed by atoms with Crippen LogP contribution in [0.15, 0.2) is 36.4 Å². The van der Waals surface area contributed by atoms with Gasteiger partial charge in [0.15, 0.2) is 0 Å². The number of aliphatic hydroxyl groups is 2. The molecule has 3 unspecified atom stereocenters. The highest BCUT2D eigenvalue weighted by Gasteiger charge is 2.33. The Balaban J connectivity index is 2.48. The average Bonchev–Trinajstić information content (AvgIpc) is 2.83. The van der Waals surface area contributed by atoms with E-state index in [-0.39, 0.29) is 41.9 Å². The van der Waals surface area contributed by atoms with Gasteiger partial charge in [0.1, 0.15) is 11.5 Å². The molecule has 0 heterocycles. The van der Waals surface area contributed by atoms with Crippen molar-refractivity contribution in [1.82, 2.24) is 0 Å². The van der Waals surface area contributed by atoms with Crippen LogP contribution in [0.2, 0.25) is 0 Å². The molecule has 0 aliphatic heterocycles. The number of rotatable bonds is 17. The summed E-state index contributed by atoms with van der Waals surface area (Å²) in [4.78, 5) is 39.5. The Morgan fingerprint density at radius 2 is 1.18 bits per heavy atom. The zero-order chi connectivity index (χ0) is 29.2. The van der Waals surface area contributed by atoms with Crippen LogP contribution in [0.25, 0.3) is 0 Å². The summed E-state index contributed by atoms with van der Waals surface area (Å²) in [5, 5.41) is 40.2. The number of hydrogen-bond acceptors (Lipinski definition) is 7. The van der Waals surface area contributed by atoms with Crippen molar-refractivity contribution in [3.05, 3.63) is 58.7 Å². The quantitative estimate of drug-likeness (QED) is 0.0963. The Bertz CT molecular complexity index is 1150. The van der Waals surface area contributed by atoms with Crippen LogP contribution >= 0.6 is 15.2 Å². The van der Waals surface area contributed by atoms with Crippen molar-refractivity contribution in [2.75, 3.05) is 18.9 Å². The van der Waals surface area contributed by atoms with Crippen LogP contribution in [-0.2, 0) is 35.2 Å². The van der Waals surface area contributed by atoms with Gasteiger partial charge >= 0.3 is 15.2 Å². The van der Waals surface area contributed by atoms with Gasteiger partial charge in [-0.25, -0.2) is 0 Å². The van der Waals surface area contributed by atoms with E-state index in [2.05, 4.69) is 0 Å². The number of benzene rings is 2. The number of nitrogens with two attached hydrogens (primary N) is 1. The van der Waals surface area contributed by atoms with Crippen LogP contribution in [0.3, 0.4) is 0 Å². The van der Waals surface area contributed by atoms with Gasteiger partial charge in [0, 0.05) is 11.1 Å². The Morgan fingerprint density at radius 1 is 0.692 bits per heavy atom. The maximum absolute atomic E-state index is 12.2. The smallest absolute Gasteiger partial charge is 0.325 e. The third kappa shape index (κ3) is 11.3. The first-order valence-corrected chi connectivity index (χ1v) is 16.5. The third-order valence-electron chi connectivity index (χ3n) is 7.04. The molecular weight excluding hydrogens is 548 g/mol. The maximum Gasteiger partial charge on any atom is 0.325 e. The molecular formula is C26H41NO10P2. The summed E-state index contributed by atoms with van der Waals surface area (Å²) in [7, 11) is -9.04. The molecule has 0 aliphatic rings. The summed E-state index contributed by atoms with van der Waals surface area (Å²) in [5.74, 6) is -2.06. The molecule has 39 heavy (non-hydrogen) atoms. The van der Waals surface area contributed by atoms with Crippen molar-refractivity contribution in [3.8, 4) is 11.5 Å². The van der Waals surface area contributed by atoms with Crippen LogP contribution in [0.4, 0.5) is 0 Å². The first-order valence-electron chi connectivity index (χ1n) is 12.9. The lowest BCUT2D eigenvalue weighted by atomic mass is 9.78. The molecule has 0 fully saturated rings. The van der Waals surface area contributed by atoms with Crippen LogP contribution in [-0.4, -0.2) is 58.9 Å². The molecule has 0 spiro atoms. The first-order chi connectivity index (χ1) is 18.3. The number of phenols is 2. The van der Waals surface area contributed by atoms with Crippen molar-refractivity contribution < 1.29 is 49.1 Å². The summed E-state index contributed by atoms with van der Waals surface area (Å²) in [6.45, 7) is -0.419. The minimum atomic E-state index is -4.53. The topological polar surface area (TPSA) is 222 Å². The van der Waals surface area contributed by atoms with Gasteiger partial charge in [-0.15, -0.1) is 0 Å². The molecule has 2 aromatic carbocycles. The van der Waals surface area contributed by atoms with E-state index in [9.17, 15) is 49.1 Å². The minimum absolute atomic E-state index is 0.0754. The summed E-state index contributed by atoms with van der Waals surface area (Å²) in [5.41, 5.74) is 7.03. The zero-order valence-electron chi connectivity index (χ0n) is 21.8. The molecule has 0 aromatic heterocycles. The molecule has 0 radical (unpaired) electrons. The molecule has 0 bridgehead atoms. The predicted molar refractivity (Wildman–Crippen MR) is 147 cm³/mol. The van der Waals surface area contributed by atoms with Gasteiger partial charge in [0.2, 0.25) is 0 Å². The van der Waals surface area contributed by atoms with Gasteiger partial charge in [0.25, 0.3) is 0 Å². The molecule has 10 N–H and O–H groups in total. The monoisotopic (exact) mass is 589 g/mol. The lowest BCUT2D eigenvalue weighted by Crippen LogP contribution is -2.26. The predicted octanol–water partition coefficient (Wildman–Crippen LogP) is 2.59. The Hall–Kier alpha value is -1.78. The lowest BCUT2D eigenvalue weighted by Gasteiger charge is -2.32. The van der Waals surface area contributed by atoms with Crippen LogP contribution in [0.1, 0.15) is 47.9 Å². The number of hydrogen-bond donors (Lipinski definition) is 9. The molecule has 11 nitrogen and oxygen atoms in total. The second-order valence-electron chi connectivity index (χ2n) is 10.2. The van der Waals surface area contributed by atoms with Gasteiger partial charge in [0.05, 0.1) is 25.5 Å². The first kappa shape index (κ1) is 33.4. The molecule has 0 saturated carbocycles. The number of unbranched alkanes of at least 4 members (excludes halogenated alkanes) is 1.